The Balaban J connectivity index is 1.98. The molecule has 1 atom stereocenters. The number of alkyl halides is 1. The molecule has 0 radical (unpaired) electrons. The molecule has 4 heteroatoms. The molecule has 2 aliphatic rings. The van der Waals surface area contributed by atoms with Crippen LogP contribution < -0.4 is 0 Å². The summed E-state index contributed by atoms with van der Waals surface area (Å²) in [7, 11) is 0. The Kier molecular flexibility index (Phi) is 3.90. The zero-order valence-electron chi connectivity index (χ0n) is 9.88. The Morgan fingerprint density at radius 1 is 1.50 bits per heavy atom. The Bertz CT molecular complexity index is 264. The van der Waals surface area contributed by atoms with Gasteiger partial charge in [-0.1, -0.05) is 35.7 Å². The zero-order valence-corrected chi connectivity index (χ0v) is 11.5. The quantitative estimate of drug-likeness (QED) is 0.730. The highest BCUT2D eigenvalue weighted by Crippen LogP contribution is 2.39. The van der Waals surface area contributed by atoms with Crippen LogP contribution in [-0.4, -0.2) is 41.9 Å². The van der Waals surface area contributed by atoms with E-state index in [2.05, 4.69) is 22.9 Å². The van der Waals surface area contributed by atoms with Crippen molar-refractivity contribution in [2.24, 2.45) is 5.41 Å². The molecule has 3 nitrogen and oxygen atoms in total. The molecule has 0 aromatic heterocycles. The molecule has 0 aromatic rings. The minimum absolute atomic E-state index is 0.0891. The van der Waals surface area contributed by atoms with Gasteiger partial charge in [0, 0.05) is 23.8 Å². The molecular formula is C12H20BrNO2. The first-order valence-electron chi connectivity index (χ1n) is 6.13. The fourth-order valence-corrected chi connectivity index (χ4v) is 3.14. The van der Waals surface area contributed by atoms with Crippen LogP contribution in [0.4, 0.5) is 0 Å². The lowest BCUT2D eigenvalue weighted by Gasteiger charge is -2.37. The number of ether oxygens (including phenoxy) is 1. The third-order valence-corrected chi connectivity index (χ3v) is 4.54. The van der Waals surface area contributed by atoms with E-state index in [1.54, 1.807) is 0 Å². The first-order valence-corrected chi connectivity index (χ1v) is 7.25. The average Bonchev–Trinajstić information content (AvgIpc) is 2.76. The lowest BCUT2D eigenvalue weighted by Crippen LogP contribution is -2.50. The van der Waals surface area contributed by atoms with Crippen molar-refractivity contribution in [1.29, 1.82) is 0 Å². The molecule has 92 valence electrons. The number of nitrogens with zero attached hydrogens (tertiary/aromatic N) is 1. The number of morpholine rings is 1. The van der Waals surface area contributed by atoms with E-state index < -0.39 is 0 Å². The molecule has 0 N–H and O–H groups in total. The predicted molar refractivity (Wildman–Crippen MR) is 66.7 cm³/mol. The van der Waals surface area contributed by atoms with Gasteiger partial charge in [0.25, 0.3) is 0 Å². The second-order valence-electron chi connectivity index (χ2n) is 5.17. The second-order valence-corrected chi connectivity index (χ2v) is 5.81. The maximum Gasteiger partial charge on any atom is 0.228 e. The van der Waals surface area contributed by atoms with Gasteiger partial charge in [0.15, 0.2) is 0 Å². The lowest BCUT2D eigenvalue weighted by atomic mass is 9.87. The highest BCUT2D eigenvalue weighted by molar-refractivity contribution is 9.09. The maximum atomic E-state index is 12.4. The summed E-state index contributed by atoms with van der Waals surface area (Å²) < 4.78 is 5.56. The van der Waals surface area contributed by atoms with Gasteiger partial charge in [0.05, 0.1) is 12.7 Å². The van der Waals surface area contributed by atoms with E-state index in [9.17, 15) is 4.79 Å². The van der Waals surface area contributed by atoms with Crippen LogP contribution >= 0.6 is 15.9 Å². The summed E-state index contributed by atoms with van der Waals surface area (Å²) in [5, 5.41) is 0.813. The second kappa shape index (κ2) is 5.05. The molecule has 2 rings (SSSR count). The zero-order chi connectivity index (χ0) is 11.6. The van der Waals surface area contributed by atoms with Crippen LogP contribution in [0.25, 0.3) is 0 Å². The van der Waals surface area contributed by atoms with Crippen molar-refractivity contribution in [1.82, 2.24) is 4.90 Å². The van der Waals surface area contributed by atoms with Gasteiger partial charge in [-0.3, -0.25) is 4.79 Å². The molecule has 0 bridgehead atoms. The molecule has 1 aliphatic carbocycles. The fourth-order valence-electron chi connectivity index (χ4n) is 2.75. The molecule has 0 spiro atoms. The Labute approximate surface area is 106 Å². The van der Waals surface area contributed by atoms with Crippen LogP contribution in [0.1, 0.15) is 32.6 Å². The predicted octanol–water partition coefficient (Wildman–Crippen LogP) is 2.19. The SMILES string of the molecule is CC1(C(=O)N2CCOC(CBr)C2)CCCC1. The van der Waals surface area contributed by atoms with E-state index in [0.717, 1.165) is 31.3 Å². The maximum absolute atomic E-state index is 12.4. The van der Waals surface area contributed by atoms with Crippen LogP contribution in [0.2, 0.25) is 0 Å². The van der Waals surface area contributed by atoms with Crippen LogP contribution in [-0.2, 0) is 9.53 Å². The van der Waals surface area contributed by atoms with Gasteiger partial charge in [0.1, 0.15) is 0 Å². The van der Waals surface area contributed by atoms with Crippen LogP contribution in [0, 0.1) is 5.41 Å². The van der Waals surface area contributed by atoms with Gasteiger partial charge in [-0.05, 0) is 12.8 Å². The van der Waals surface area contributed by atoms with E-state index >= 15 is 0 Å². The smallest absolute Gasteiger partial charge is 0.228 e. The molecule has 0 aromatic carbocycles. The van der Waals surface area contributed by atoms with Crippen LogP contribution in [0.3, 0.4) is 0 Å². The summed E-state index contributed by atoms with van der Waals surface area (Å²) in [4.78, 5) is 14.4. The van der Waals surface area contributed by atoms with E-state index in [1.165, 1.54) is 12.8 Å². The number of rotatable bonds is 2. The number of carbonyl (C=O) groups is 1. The summed E-state index contributed by atoms with van der Waals surface area (Å²) in [6.45, 7) is 4.32. The average molecular weight is 290 g/mol. The molecule has 2 fully saturated rings. The van der Waals surface area contributed by atoms with Gasteiger partial charge in [-0.25, -0.2) is 0 Å². The first-order chi connectivity index (χ1) is 7.65. The Hall–Kier alpha value is -0.0900. The third kappa shape index (κ3) is 2.43. The fraction of sp³-hybridized carbons (Fsp3) is 0.917. The van der Waals surface area contributed by atoms with Gasteiger partial charge < -0.3 is 9.64 Å². The standard InChI is InChI=1S/C12H20BrNO2/c1-12(4-2-3-5-12)11(15)14-6-7-16-10(8-13)9-14/h10H,2-9H2,1H3. The molecule has 1 aliphatic heterocycles. The minimum Gasteiger partial charge on any atom is -0.374 e. The molecular weight excluding hydrogens is 270 g/mol. The van der Waals surface area contributed by atoms with Crippen LogP contribution in [0.15, 0.2) is 0 Å². The normalized spacial score (nSPS) is 29.4. The third-order valence-electron chi connectivity index (χ3n) is 3.82. The number of hydrogen-bond donors (Lipinski definition) is 0. The topological polar surface area (TPSA) is 29.5 Å². The molecule has 1 saturated carbocycles. The Morgan fingerprint density at radius 2 is 2.19 bits per heavy atom. The summed E-state index contributed by atoms with van der Waals surface area (Å²) in [5.41, 5.74) is -0.0891. The van der Waals surface area contributed by atoms with Crippen molar-refractivity contribution in [2.45, 2.75) is 38.7 Å². The molecule has 1 heterocycles. The van der Waals surface area contributed by atoms with E-state index in [0.29, 0.717) is 12.5 Å². The first kappa shape index (κ1) is 12.4. The molecule has 1 amide bonds. The minimum atomic E-state index is -0.0891. The van der Waals surface area contributed by atoms with Crippen molar-refractivity contribution in [3.63, 3.8) is 0 Å². The van der Waals surface area contributed by atoms with E-state index in [-0.39, 0.29) is 11.5 Å². The highest BCUT2D eigenvalue weighted by Gasteiger charge is 2.40. The number of carbonyl (C=O) groups excluding carboxylic acids is 1. The lowest BCUT2D eigenvalue weighted by molar-refractivity contribution is -0.147. The summed E-state index contributed by atoms with van der Waals surface area (Å²) in [6.07, 6.45) is 4.69. The van der Waals surface area contributed by atoms with Gasteiger partial charge in [-0.15, -0.1) is 0 Å². The van der Waals surface area contributed by atoms with Crippen molar-refractivity contribution in [3.8, 4) is 0 Å². The van der Waals surface area contributed by atoms with Gasteiger partial charge >= 0.3 is 0 Å². The van der Waals surface area contributed by atoms with Gasteiger partial charge in [0.2, 0.25) is 5.91 Å². The number of halogens is 1. The van der Waals surface area contributed by atoms with E-state index in [4.69, 9.17) is 4.74 Å². The highest BCUT2D eigenvalue weighted by atomic mass is 79.9. The van der Waals surface area contributed by atoms with Crippen molar-refractivity contribution < 1.29 is 9.53 Å². The van der Waals surface area contributed by atoms with Crippen molar-refractivity contribution in [2.75, 3.05) is 25.0 Å². The van der Waals surface area contributed by atoms with E-state index in [1.807, 2.05) is 4.90 Å². The summed E-state index contributed by atoms with van der Waals surface area (Å²) in [6, 6.07) is 0. The molecule has 16 heavy (non-hydrogen) atoms. The number of amides is 1. The summed E-state index contributed by atoms with van der Waals surface area (Å²) in [5.74, 6) is 0.347. The monoisotopic (exact) mass is 289 g/mol. The Morgan fingerprint density at radius 3 is 2.81 bits per heavy atom. The van der Waals surface area contributed by atoms with Gasteiger partial charge in [-0.2, -0.15) is 0 Å². The summed E-state index contributed by atoms with van der Waals surface area (Å²) >= 11 is 3.42. The largest absolute Gasteiger partial charge is 0.374 e. The molecule has 1 unspecified atom stereocenters. The van der Waals surface area contributed by atoms with Crippen molar-refractivity contribution in [3.05, 3.63) is 0 Å². The molecule has 1 saturated heterocycles. The van der Waals surface area contributed by atoms with Crippen LogP contribution in [0.5, 0.6) is 0 Å². The number of hydrogen-bond acceptors (Lipinski definition) is 2. The van der Waals surface area contributed by atoms with Crippen molar-refractivity contribution >= 4 is 21.8 Å².